The number of carboxylic acids is 1. The number of nitrogens with zero attached hydrogens (tertiary/aromatic N) is 1. The predicted molar refractivity (Wildman–Crippen MR) is 128 cm³/mol. The van der Waals surface area contributed by atoms with Crippen molar-refractivity contribution < 1.29 is 19.4 Å². The summed E-state index contributed by atoms with van der Waals surface area (Å²) in [4.78, 5) is 23.7. The molecule has 2 aromatic carbocycles. The van der Waals surface area contributed by atoms with Gasteiger partial charge in [0, 0.05) is 16.6 Å². The van der Waals surface area contributed by atoms with Crippen LogP contribution in [0.2, 0.25) is 0 Å². The second-order valence-electron chi connectivity index (χ2n) is 8.44. The number of hydrogen-bond donors (Lipinski definition) is 1. The summed E-state index contributed by atoms with van der Waals surface area (Å²) in [7, 11) is 0. The lowest BCUT2D eigenvalue weighted by molar-refractivity contribution is -0.121. The van der Waals surface area contributed by atoms with Gasteiger partial charge in [-0.05, 0) is 61.7 Å². The Morgan fingerprint density at radius 2 is 1.66 bits per heavy atom. The standard InChI is InChI=1S/C27H33NO4/c1-3-4-5-6-7-8-9-21-10-13-25(14-11-21)32-19-24(29)18-28-20(2)16-23-17-22(27(30)31)12-15-26(23)28/h10-17H,3-9,18-19H2,1-2H3,(H,30,31). The van der Waals surface area contributed by atoms with Crippen LogP contribution in [-0.4, -0.2) is 28.0 Å². The van der Waals surface area contributed by atoms with Crippen LogP contribution >= 0.6 is 0 Å². The van der Waals surface area contributed by atoms with E-state index in [0.29, 0.717) is 5.75 Å². The molecular formula is C27H33NO4. The minimum atomic E-state index is -0.959. The highest BCUT2D eigenvalue weighted by molar-refractivity contribution is 5.94. The van der Waals surface area contributed by atoms with Crippen molar-refractivity contribution in [2.24, 2.45) is 0 Å². The van der Waals surface area contributed by atoms with E-state index in [1.54, 1.807) is 18.2 Å². The Hall–Kier alpha value is -3.08. The summed E-state index contributed by atoms with van der Waals surface area (Å²) in [6.45, 7) is 4.34. The number of carbonyl (C=O) groups excluding carboxylic acids is 1. The molecule has 0 radical (unpaired) electrons. The minimum Gasteiger partial charge on any atom is -0.486 e. The molecule has 0 aliphatic carbocycles. The Kier molecular flexibility index (Phi) is 8.48. The number of carboxylic acid groups (broad SMARTS) is 1. The van der Waals surface area contributed by atoms with Gasteiger partial charge in [0.25, 0.3) is 0 Å². The number of ether oxygens (including phenoxy) is 1. The van der Waals surface area contributed by atoms with Gasteiger partial charge in [0.1, 0.15) is 12.4 Å². The number of benzene rings is 2. The van der Waals surface area contributed by atoms with Gasteiger partial charge < -0.3 is 14.4 Å². The number of unbranched alkanes of at least 4 members (excludes halogenated alkanes) is 5. The molecule has 3 rings (SSSR count). The van der Waals surface area contributed by atoms with Crippen LogP contribution in [0.1, 0.15) is 67.1 Å². The van der Waals surface area contributed by atoms with Gasteiger partial charge >= 0.3 is 5.97 Å². The summed E-state index contributed by atoms with van der Waals surface area (Å²) < 4.78 is 7.60. The molecule has 0 bridgehead atoms. The monoisotopic (exact) mass is 435 g/mol. The molecule has 0 saturated heterocycles. The van der Waals surface area contributed by atoms with E-state index in [2.05, 4.69) is 19.1 Å². The Morgan fingerprint density at radius 3 is 2.38 bits per heavy atom. The normalized spacial score (nSPS) is 11.1. The molecular weight excluding hydrogens is 402 g/mol. The average molecular weight is 436 g/mol. The molecule has 3 aromatic rings. The second-order valence-corrected chi connectivity index (χ2v) is 8.44. The smallest absolute Gasteiger partial charge is 0.335 e. The van der Waals surface area contributed by atoms with Crippen LogP contribution in [0.3, 0.4) is 0 Å². The summed E-state index contributed by atoms with van der Waals surface area (Å²) in [5.41, 5.74) is 3.30. The predicted octanol–water partition coefficient (Wildman–Crippen LogP) is 6.20. The van der Waals surface area contributed by atoms with E-state index in [1.807, 2.05) is 29.7 Å². The molecule has 0 amide bonds. The Morgan fingerprint density at radius 1 is 0.938 bits per heavy atom. The minimum absolute atomic E-state index is 0.00307. The lowest BCUT2D eigenvalue weighted by Crippen LogP contribution is -2.18. The van der Waals surface area contributed by atoms with E-state index in [-0.39, 0.29) is 24.5 Å². The third-order valence-electron chi connectivity index (χ3n) is 5.83. The van der Waals surface area contributed by atoms with Crippen LogP contribution in [0.25, 0.3) is 10.9 Å². The topological polar surface area (TPSA) is 68.5 Å². The van der Waals surface area contributed by atoms with Crippen LogP contribution in [-0.2, 0) is 17.8 Å². The van der Waals surface area contributed by atoms with E-state index in [4.69, 9.17) is 9.84 Å². The fourth-order valence-corrected chi connectivity index (χ4v) is 4.00. The SMILES string of the molecule is CCCCCCCCc1ccc(OCC(=O)Cn2c(C)cc3cc(C(=O)O)ccc32)cc1. The van der Waals surface area contributed by atoms with Gasteiger partial charge in [-0.25, -0.2) is 4.79 Å². The molecule has 0 saturated carbocycles. The third-order valence-corrected chi connectivity index (χ3v) is 5.83. The quantitative estimate of drug-likeness (QED) is 0.325. The highest BCUT2D eigenvalue weighted by Gasteiger charge is 2.12. The summed E-state index contributed by atoms with van der Waals surface area (Å²) in [6, 6.07) is 14.9. The lowest BCUT2D eigenvalue weighted by atomic mass is 10.0. The molecule has 5 nitrogen and oxygen atoms in total. The Balaban J connectivity index is 1.49. The number of carbonyl (C=O) groups is 2. The molecule has 5 heteroatoms. The zero-order valence-corrected chi connectivity index (χ0v) is 19.1. The highest BCUT2D eigenvalue weighted by atomic mass is 16.5. The van der Waals surface area contributed by atoms with Crippen molar-refractivity contribution in [3.8, 4) is 5.75 Å². The molecule has 0 spiro atoms. The first kappa shape index (κ1) is 23.6. The molecule has 1 aromatic heterocycles. The molecule has 0 unspecified atom stereocenters. The van der Waals surface area contributed by atoms with E-state index in [0.717, 1.165) is 23.0 Å². The average Bonchev–Trinajstić information content (AvgIpc) is 3.09. The van der Waals surface area contributed by atoms with E-state index < -0.39 is 5.97 Å². The Labute approximate surface area is 190 Å². The largest absolute Gasteiger partial charge is 0.486 e. The van der Waals surface area contributed by atoms with Gasteiger partial charge in [0.2, 0.25) is 0 Å². The zero-order chi connectivity index (χ0) is 22.9. The number of aromatic nitrogens is 1. The summed E-state index contributed by atoms with van der Waals surface area (Å²) in [5, 5.41) is 9.98. The third kappa shape index (κ3) is 6.46. The fraction of sp³-hybridized carbons (Fsp3) is 0.407. The van der Waals surface area contributed by atoms with Crippen molar-refractivity contribution in [2.75, 3.05) is 6.61 Å². The van der Waals surface area contributed by atoms with E-state index in [1.165, 1.54) is 44.1 Å². The molecule has 0 fully saturated rings. The Bertz CT molecular complexity index is 1050. The number of fused-ring (bicyclic) bond motifs is 1. The van der Waals surface area contributed by atoms with Crippen LogP contribution in [0, 0.1) is 6.92 Å². The van der Waals surface area contributed by atoms with Crippen LogP contribution in [0.5, 0.6) is 5.75 Å². The van der Waals surface area contributed by atoms with Gasteiger partial charge in [0.15, 0.2) is 5.78 Å². The number of Topliss-reactive ketones (excluding diaryl/α,β-unsaturated/α-hetero) is 1. The van der Waals surface area contributed by atoms with Crippen LogP contribution in [0.15, 0.2) is 48.5 Å². The maximum atomic E-state index is 12.5. The van der Waals surface area contributed by atoms with E-state index >= 15 is 0 Å². The lowest BCUT2D eigenvalue weighted by Gasteiger charge is -2.10. The molecule has 1 heterocycles. The molecule has 1 N–H and O–H groups in total. The van der Waals surface area contributed by atoms with Crippen molar-refractivity contribution in [3.05, 3.63) is 65.4 Å². The van der Waals surface area contributed by atoms with Crippen molar-refractivity contribution in [3.63, 3.8) is 0 Å². The van der Waals surface area contributed by atoms with Crippen molar-refractivity contribution in [2.45, 2.75) is 65.3 Å². The molecule has 0 atom stereocenters. The number of ketones is 1. The summed E-state index contributed by atoms with van der Waals surface area (Å²) >= 11 is 0. The number of rotatable bonds is 13. The molecule has 32 heavy (non-hydrogen) atoms. The fourth-order valence-electron chi connectivity index (χ4n) is 4.00. The van der Waals surface area contributed by atoms with Gasteiger partial charge in [-0.15, -0.1) is 0 Å². The summed E-state index contributed by atoms with van der Waals surface area (Å²) in [5.74, 6) is -0.297. The van der Waals surface area contributed by atoms with Crippen LogP contribution in [0.4, 0.5) is 0 Å². The van der Waals surface area contributed by atoms with Gasteiger partial charge in [-0.2, -0.15) is 0 Å². The maximum absolute atomic E-state index is 12.5. The molecule has 170 valence electrons. The molecule has 0 aliphatic rings. The second kappa shape index (κ2) is 11.5. The van der Waals surface area contributed by atoms with Gasteiger partial charge in [-0.3, -0.25) is 4.79 Å². The molecule has 0 aliphatic heterocycles. The van der Waals surface area contributed by atoms with E-state index in [9.17, 15) is 9.59 Å². The number of aryl methyl sites for hydroxylation is 2. The maximum Gasteiger partial charge on any atom is 0.335 e. The zero-order valence-electron chi connectivity index (χ0n) is 19.1. The first-order valence-electron chi connectivity index (χ1n) is 11.5. The first-order valence-corrected chi connectivity index (χ1v) is 11.5. The van der Waals surface area contributed by atoms with Crippen molar-refractivity contribution in [1.82, 2.24) is 4.57 Å². The number of hydrogen-bond acceptors (Lipinski definition) is 3. The van der Waals surface area contributed by atoms with Crippen molar-refractivity contribution >= 4 is 22.7 Å². The van der Waals surface area contributed by atoms with Gasteiger partial charge in [-0.1, -0.05) is 51.2 Å². The van der Waals surface area contributed by atoms with Crippen LogP contribution < -0.4 is 4.74 Å². The summed E-state index contributed by atoms with van der Waals surface area (Å²) in [6.07, 6.45) is 8.82. The highest BCUT2D eigenvalue weighted by Crippen LogP contribution is 2.21. The van der Waals surface area contributed by atoms with Crippen molar-refractivity contribution in [1.29, 1.82) is 0 Å². The first-order chi connectivity index (χ1) is 15.5. The van der Waals surface area contributed by atoms with Gasteiger partial charge in [0.05, 0.1) is 12.1 Å². The number of aromatic carboxylic acids is 1.